The smallest absolute Gasteiger partial charge is 0.496 e. The molecule has 0 bridgehead atoms. The van der Waals surface area contributed by atoms with Crippen molar-refractivity contribution in [2.45, 2.75) is 57.8 Å². The van der Waals surface area contributed by atoms with Gasteiger partial charge in [0.2, 0.25) is 0 Å². The molecule has 2 amide bonds. The van der Waals surface area contributed by atoms with Crippen molar-refractivity contribution in [2.75, 3.05) is 12.0 Å². The Labute approximate surface area is 496 Å². The van der Waals surface area contributed by atoms with Crippen LogP contribution in [0.2, 0.25) is 0 Å². The molecule has 0 spiro atoms. The van der Waals surface area contributed by atoms with Crippen LogP contribution < -0.4 is 38.1 Å². The summed E-state index contributed by atoms with van der Waals surface area (Å²) in [5.41, 5.74) is 10.2. The van der Waals surface area contributed by atoms with E-state index < -0.39 is 30.3 Å². The lowest BCUT2D eigenvalue weighted by atomic mass is 9.65. The SMILES string of the molecule is COc1ccc(-c2ccc(OC(=O)Oc3ccc(C4(c5ccc(OC(=O)Oc6ccc(-c7c8ccccc8c(Cc8ccc(OC(=O)Oc9ccc(N%10C(=O)C=CC%10=O)cc9)cc8)c8ccccc78)cc6)cc5)CCCCC4)cc3)c(C)c2)cc1C. The number of carbonyl (C=O) groups excluding carboxylic acids is 5. The van der Waals surface area contributed by atoms with Crippen LogP contribution in [0.15, 0.2) is 218 Å². The average Bonchev–Trinajstić information content (AvgIpc) is 1.10. The van der Waals surface area contributed by atoms with Gasteiger partial charge in [-0.1, -0.05) is 128 Å². The van der Waals surface area contributed by atoms with Crippen molar-refractivity contribution in [3.63, 3.8) is 0 Å². The minimum absolute atomic E-state index is 0.185. The number of carbonyl (C=O) groups is 5. The molecule has 0 aromatic heterocycles. The fraction of sp³-hybridized carbons (Fsp3) is 0.137. The summed E-state index contributed by atoms with van der Waals surface area (Å²) in [6, 6.07) is 64.2. The standard InChI is InChI=1S/C73H57NO12/c1-46-43-50(19-37-65(46)80-3)51-20-38-66(47(2)44-51)86-72(79)85-58-33-23-53(24-34-58)73(41-9-4-10-42-73)52-21-31-57(32-22-52)83-71(78)82-56-29-17-49(18-30-56)69-62-13-7-5-11-60(62)64(61-12-6-8-14-63(61)69)45-48-15-27-55(28-16-48)81-70(77)84-59-35-25-54(26-36-59)74-67(75)39-40-68(74)76/h5-8,11-40,43-44H,4,9-10,41-42,45H2,1-3H3. The van der Waals surface area contributed by atoms with Crippen LogP contribution in [0.3, 0.4) is 0 Å². The predicted octanol–water partition coefficient (Wildman–Crippen LogP) is 17.0. The van der Waals surface area contributed by atoms with Crippen LogP contribution in [0, 0.1) is 13.8 Å². The van der Waals surface area contributed by atoms with Gasteiger partial charge in [0.25, 0.3) is 11.8 Å². The Morgan fingerprint density at radius 2 is 0.826 bits per heavy atom. The van der Waals surface area contributed by atoms with Crippen molar-refractivity contribution in [3.8, 4) is 62.5 Å². The minimum Gasteiger partial charge on any atom is -0.496 e. The molecule has 0 unspecified atom stereocenters. The lowest BCUT2D eigenvalue weighted by Gasteiger charge is -2.38. The zero-order valence-corrected chi connectivity index (χ0v) is 47.4. The van der Waals surface area contributed by atoms with E-state index in [0.29, 0.717) is 40.9 Å². The van der Waals surface area contributed by atoms with Crippen LogP contribution in [0.1, 0.15) is 65.5 Å². The van der Waals surface area contributed by atoms with Crippen molar-refractivity contribution >= 4 is 57.5 Å². The van der Waals surface area contributed by atoms with Gasteiger partial charge in [0, 0.05) is 17.6 Å². The molecule has 2 aliphatic rings. The van der Waals surface area contributed by atoms with Crippen LogP contribution in [-0.4, -0.2) is 37.4 Å². The molecule has 426 valence electrons. The number of ether oxygens (including phenoxy) is 7. The number of hydrogen-bond donors (Lipinski definition) is 0. The predicted molar refractivity (Wildman–Crippen MR) is 329 cm³/mol. The third-order valence-electron chi connectivity index (χ3n) is 16.0. The van der Waals surface area contributed by atoms with E-state index in [1.54, 1.807) is 61.7 Å². The first-order chi connectivity index (χ1) is 41.9. The molecule has 13 heteroatoms. The summed E-state index contributed by atoms with van der Waals surface area (Å²) >= 11 is 0. The van der Waals surface area contributed by atoms with Gasteiger partial charge in [-0.3, -0.25) is 9.59 Å². The number of benzene rings is 10. The fourth-order valence-electron chi connectivity index (χ4n) is 11.8. The zero-order chi connectivity index (χ0) is 59.3. The van der Waals surface area contributed by atoms with Gasteiger partial charge in [-0.05, 0) is 207 Å². The molecule has 1 fully saturated rings. The van der Waals surface area contributed by atoms with Crippen molar-refractivity contribution in [3.05, 3.63) is 252 Å². The first-order valence-electron chi connectivity index (χ1n) is 28.3. The van der Waals surface area contributed by atoms with Crippen LogP contribution in [0.5, 0.6) is 40.2 Å². The third-order valence-corrected chi connectivity index (χ3v) is 16.0. The maximum absolute atomic E-state index is 13.3. The van der Waals surface area contributed by atoms with Gasteiger partial charge in [-0.15, -0.1) is 0 Å². The van der Waals surface area contributed by atoms with Crippen molar-refractivity contribution in [1.29, 1.82) is 0 Å². The third kappa shape index (κ3) is 11.8. The molecule has 1 aliphatic carbocycles. The molecular weight excluding hydrogens is 1080 g/mol. The van der Waals surface area contributed by atoms with Gasteiger partial charge in [0.15, 0.2) is 0 Å². The van der Waals surface area contributed by atoms with Gasteiger partial charge in [0.1, 0.15) is 40.2 Å². The molecule has 10 aromatic carbocycles. The van der Waals surface area contributed by atoms with Crippen LogP contribution in [-0.2, 0) is 21.4 Å². The summed E-state index contributed by atoms with van der Waals surface area (Å²) in [5.74, 6) is 1.88. The van der Waals surface area contributed by atoms with Crippen LogP contribution in [0.25, 0.3) is 43.8 Å². The molecular formula is C73H57NO12. The molecule has 1 heterocycles. The molecule has 10 aromatic rings. The molecule has 0 atom stereocenters. The summed E-state index contributed by atoms with van der Waals surface area (Å²) in [5, 5.41) is 4.26. The minimum atomic E-state index is -0.939. The molecule has 0 radical (unpaired) electrons. The Morgan fingerprint density at radius 3 is 1.28 bits per heavy atom. The Bertz CT molecular complexity index is 4190. The molecule has 0 saturated heterocycles. The van der Waals surface area contributed by atoms with E-state index in [9.17, 15) is 24.0 Å². The number of fused-ring (bicyclic) bond motifs is 2. The van der Waals surface area contributed by atoms with Crippen LogP contribution in [0.4, 0.5) is 20.1 Å². The number of anilines is 1. The quantitative estimate of drug-likeness (QED) is 0.0441. The second kappa shape index (κ2) is 24.2. The largest absolute Gasteiger partial charge is 0.519 e. The van der Waals surface area contributed by atoms with Gasteiger partial charge in [-0.25, -0.2) is 19.3 Å². The first kappa shape index (κ1) is 55.7. The summed E-state index contributed by atoms with van der Waals surface area (Å²) in [7, 11) is 1.65. The number of imide groups is 1. The summed E-state index contributed by atoms with van der Waals surface area (Å²) in [6.45, 7) is 3.89. The second-order valence-corrected chi connectivity index (χ2v) is 21.3. The average molecular weight is 1140 g/mol. The van der Waals surface area contributed by atoms with E-state index in [1.807, 2.05) is 111 Å². The van der Waals surface area contributed by atoms with Gasteiger partial charge in [-0.2, -0.15) is 0 Å². The van der Waals surface area contributed by atoms with E-state index in [4.69, 9.17) is 33.2 Å². The highest BCUT2D eigenvalue weighted by Gasteiger charge is 2.36. The number of methoxy groups -OCH3 is 1. The number of rotatable bonds is 14. The first-order valence-corrected chi connectivity index (χ1v) is 28.3. The fourth-order valence-corrected chi connectivity index (χ4v) is 11.8. The molecule has 13 nitrogen and oxygen atoms in total. The van der Waals surface area contributed by atoms with Gasteiger partial charge < -0.3 is 33.2 Å². The summed E-state index contributed by atoms with van der Waals surface area (Å²) in [4.78, 5) is 64.2. The topological polar surface area (TPSA) is 153 Å². The van der Waals surface area contributed by atoms with Gasteiger partial charge in [0.05, 0.1) is 12.8 Å². The molecule has 12 rings (SSSR count). The lowest BCUT2D eigenvalue weighted by Crippen LogP contribution is -2.30. The maximum atomic E-state index is 13.3. The highest BCUT2D eigenvalue weighted by Crippen LogP contribution is 2.46. The monoisotopic (exact) mass is 1140 g/mol. The molecule has 86 heavy (non-hydrogen) atoms. The van der Waals surface area contributed by atoms with Crippen molar-refractivity contribution in [1.82, 2.24) is 0 Å². The van der Waals surface area contributed by atoms with E-state index in [0.717, 1.165) is 120 Å². The van der Waals surface area contributed by atoms with E-state index >= 15 is 0 Å². The number of hydrogen-bond acceptors (Lipinski definition) is 12. The molecule has 0 N–H and O–H groups in total. The lowest BCUT2D eigenvalue weighted by molar-refractivity contribution is -0.120. The normalized spacial score (nSPS) is 13.5. The highest BCUT2D eigenvalue weighted by molar-refractivity contribution is 6.28. The zero-order valence-electron chi connectivity index (χ0n) is 47.4. The maximum Gasteiger partial charge on any atom is 0.519 e. The Hall–Kier alpha value is -10.8. The second-order valence-electron chi connectivity index (χ2n) is 21.3. The van der Waals surface area contributed by atoms with Crippen molar-refractivity contribution in [2.24, 2.45) is 0 Å². The highest BCUT2D eigenvalue weighted by atomic mass is 16.7. The van der Waals surface area contributed by atoms with Crippen LogP contribution >= 0.6 is 0 Å². The van der Waals surface area contributed by atoms with E-state index in [1.165, 1.54) is 36.4 Å². The summed E-state index contributed by atoms with van der Waals surface area (Å²) in [6.07, 6.45) is 5.46. The number of aryl methyl sites for hydroxylation is 2. The Morgan fingerprint density at radius 1 is 0.430 bits per heavy atom. The number of amides is 2. The molecule has 1 aliphatic heterocycles. The Balaban J connectivity index is 0.675. The van der Waals surface area contributed by atoms with Gasteiger partial charge >= 0.3 is 18.5 Å². The molecule has 1 saturated carbocycles. The van der Waals surface area contributed by atoms with Crippen molar-refractivity contribution < 1.29 is 57.1 Å². The Kier molecular flexibility index (Phi) is 15.7. The van der Waals surface area contributed by atoms with E-state index in [-0.39, 0.29) is 11.2 Å². The summed E-state index contributed by atoms with van der Waals surface area (Å²) < 4.78 is 39.0. The number of nitrogens with zero attached hydrogens (tertiary/aromatic N) is 1. The van der Waals surface area contributed by atoms with E-state index in [2.05, 4.69) is 30.3 Å².